The van der Waals surface area contributed by atoms with E-state index in [0.717, 1.165) is 18.8 Å². The van der Waals surface area contributed by atoms with Gasteiger partial charge in [-0.2, -0.15) is 0 Å². The molecule has 0 unspecified atom stereocenters. The second-order valence-corrected chi connectivity index (χ2v) is 5.58. The Bertz CT molecular complexity index is 725. The molecule has 1 aromatic heterocycles. The van der Waals surface area contributed by atoms with E-state index in [1.807, 2.05) is 10.9 Å². The maximum Gasteiger partial charge on any atom is 0.0965 e. The maximum absolute atomic E-state index is 4.22. The SMILES string of the molecule is CC(C)NCc1cn(Cc2cccc3ccccc23)nn1. The monoisotopic (exact) mass is 280 g/mol. The van der Waals surface area contributed by atoms with Gasteiger partial charge in [0.05, 0.1) is 18.4 Å². The Morgan fingerprint density at radius 1 is 1.10 bits per heavy atom. The van der Waals surface area contributed by atoms with Crippen LogP contribution in [0.1, 0.15) is 25.1 Å². The van der Waals surface area contributed by atoms with Crippen molar-refractivity contribution in [1.29, 1.82) is 0 Å². The highest BCUT2D eigenvalue weighted by Crippen LogP contribution is 2.19. The summed E-state index contributed by atoms with van der Waals surface area (Å²) in [6.45, 7) is 5.75. The fourth-order valence-corrected chi connectivity index (χ4v) is 2.41. The summed E-state index contributed by atoms with van der Waals surface area (Å²) in [5, 5.41) is 14.3. The number of rotatable bonds is 5. The van der Waals surface area contributed by atoms with Crippen LogP contribution in [-0.2, 0) is 13.1 Å². The highest BCUT2D eigenvalue weighted by atomic mass is 15.4. The number of benzene rings is 2. The summed E-state index contributed by atoms with van der Waals surface area (Å²) >= 11 is 0. The van der Waals surface area contributed by atoms with E-state index in [0.29, 0.717) is 6.04 Å². The van der Waals surface area contributed by atoms with Gasteiger partial charge in [-0.15, -0.1) is 5.10 Å². The predicted molar refractivity (Wildman–Crippen MR) is 85.0 cm³/mol. The fraction of sp³-hybridized carbons (Fsp3) is 0.294. The average molecular weight is 280 g/mol. The zero-order chi connectivity index (χ0) is 14.7. The summed E-state index contributed by atoms with van der Waals surface area (Å²) in [6.07, 6.45) is 2.01. The van der Waals surface area contributed by atoms with Gasteiger partial charge in [-0.1, -0.05) is 61.5 Å². The van der Waals surface area contributed by atoms with Gasteiger partial charge >= 0.3 is 0 Å². The zero-order valence-electron chi connectivity index (χ0n) is 12.5. The Morgan fingerprint density at radius 3 is 2.76 bits per heavy atom. The minimum atomic E-state index is 0.452. The molecule has 4 heteroatoms. The summed E-state index contributed by atoms with van der Waals surface area (Å²) in [4.78, 5) is 0. The molecular weight excluding hydrogens is 260 g/mol. The molecule has 1 N–H and O–H groups in total. The molecule has 0 atom stereocenters. The van der Waals surface area contributed by atoms with Crippen molar-refractivity contribution in [3.05, 3.63) is 59.9 Å². The Labute approximate surface area is 124 Å². The Kier molecular flexibility index (Phi) is 3.97. The third-order valence-corrected chi connectivity index (χ3v) is 3.49. The van der Waals surface area contributed by atoms with Crippen molar-refractivity contribution in [2.75, 3.05) is 0 Å². The van der Waals surface area contributed by atoms with Crippen LogP contribution in [0.5, 0.6) is 0 Å². The van der Waals surface area contributed by atoms with Crippen molar-refractivity contribution in [3.63, 3.8) is 0 Å². The van der Waals surface area contributed by atoms with Crippen LogP contribution in [0.25, 0.3) is 10.8 Å². The van der Waals surface area contributed by atoms with Crippen LogP contribution in [0.15, 0.2) is 48.7 Å². The standard InChI is InChI=1S/C17H20N4/c1-13(2)18-10-16-12-21(20-19-16)11-15-8-5-7-14-6-3-4-9-17(14)15/h3-9,12-13,18H,10-11H2,1-2H3. The van der Waals surface area contributed by atoms with Crippen LogP contribution in [0.2, 0.25) is 0 Å². The van der Waals surface area contributed by atoms with E-state index in [4.69, 9.17) is 0 Å². The molecule has 4 nitrogen and oxygen atoms in total. The van der Waals surface area contributed by atoms with E-state index in [1.165, 1.54) is 16.3 Å². The Morgan fingerprint density at radius 2 is 1.90 bits per heavy atom. The first-order chi connectivity index (χ1) is 10.2. The van der Waals surface area contributed by atoms with Gasteiger partial charge in [0.25, 0.3) is 0 Å². The Balaban J connectivity index is 1.79. The van der Waals surface area contributed by atoms with Crippen LogP contribution in [0, 0.1) is 0 Å². The highest BCUT2D eigenvalue weighted by molar-refractivity contribution is 5.85. The fourth-order valence-electron chi connectivity index (χ4n) is 2.41. The van der Waals surface area contributed by atoms with Gasteiger partial charge in [0, 0.05) is 12.6 Å². The number of nitrogens with zero attached hydrogens (tertiary/aromatic N) is 3. The van der Waals surface area contributed by atoms with E-state index in [-0.39, 0.29) is 0 Å². The predicted octanol–water partition coefficient (Wildman–Crippen LogP) is 2.98. The molecule has 0 bridgehead atoms. The topological polar surface area (TPSA) is 42.7 Å². The highest BCUT2D eigenvalue weighted by Gasteiger charge is 2.05. The zero-order valence-corrected chi connectivity index (χ0v) is 12.5. The Hall–Kier alpha value is -2.20. The number of nitrogens with one attached hydrogen (secondary N) is 1. The van der Waals surface area contributed by atoms with Gasteiger partial charge in [-0.05, 0) is 16.3 Å². The largest absolute Gasteiger partial charge is 0.309 e. The lowest BCUT2D eigenvalue weighted by Crippen LogP contribution is -2.21. The second-order valence-electron chi connectivity index (χ2n) is 5.58. The molecule has 2 aromatic carbocycles. The molecule has 3 aromatic rings. The normalized spacial score (nSPS) is 11.4. The van der Waals surface area contributed by atoms with Gasteiger partial charge < -0.3 is 5.32 Å². The van der Waals surface area contributed by atoms with Gasteiger partial charge in [-0.25, -0.2) is 4.68 Å². The third kappa shape index (κ3) is 3.28. The van der Waals surface area contributed by atoms with E-state index < -0.39 is 0 Å². The van der Waals surface area contributed by atoms with Crippen molar-refractivity contribution in [2.24, 2.45) is 0 Å². The molecule has 1 heterocycles. The number of hydrogen-bond acceptors (Lipinski definition) is 3. The lowest BCUT2D eigenvalue weighted by Gasteiger charge is -2.06. The van der Waals surface area contributed by atoms with Crippen LogP contribution < -0.4 is 5.32 Å². The summed E-state index contributed by atoms with van der Waals surface area (Å²) in [5.41, 5.74) is 2.24. The molecular formula is C17H20N4. The molecule has 0 fully saturated rings. The van der Waals surface area contributed by atoms with Crippen LogP contribution in [0.4, 0.5) is 0 Å². The number of fused-ring (bicyclic) bond motifs is 1. The molecule has 108 valence electrons. The molecule has 0 aliphatic carbocycles. The maximum atomic E-state index is 4.22. The summed E-state index contributed by atoms with van der Waals surface area (Å²) in [7, 11) is 0. The van der Waals surface area contributed by atoms with Gasteiger partial charge in [0.15, 0.2) is 0 Å². The first kappa shape index (κ1) is 13.8. The molecule has 0 saturated heterocycles. The molecule has 0 radical (unpaired) electrons. The molecule has 0 aliphatic heterocycles. The molecule has 21 heavy (non-hydrogen) atoms. The van der Waals surface area contributed by atoms with E-state index in [9.17, 15) is 0 Å². The molecule has 0 spiro atoms. The van der Waals surface area contributed by atoms with Gasteiger partial charge in [0.2, 0.25) is 0 Å². The second kappa shape index (κ2) is 6.06. The van der Waals surface area contributed by atoms with Gasteiger partial charge in [-0.3, -0.25) is 0 Å². The lowest BCUT2D eigenvalue weighted by molar-refractivity contribution is 0.580. The van der Waals surface area contributed by atoms with Crippen LogP contribution in [0.3, 0.4) is 0 Å². The van der Waals surface area contributed by atoms with Gasteiger partial charge in [0.1, 0.15) is 0 Å². The van der Waals surface area contributed by atoms with E-state index in [1.54, 1.807) is 0 Å². The molecule has 0 aliphatic rings. The minimum absolute atomic E-state index is 0.452. The summed E-state index contributed by atoms with van der Waals surface area (Å²) < 4.78 is 1.90. The van der Waals surface area contributed by atoms with Crippen molar-refractivity contribution < 1.29 is 0 Å². The van der Waals surface area contributed by atoms with Crippen LogP contribution in [-0.4, -0.2) is 21.0 Å². The molecule has 0 saturated carbocycles. The van der Waals surface area contributed by atoms with Crippen molar-refractivity contribution in [3.8, 4) is 0 Å². The quantitative estimate of drug-likeness (QED) is 0.781. The number of hydrogen-bond donors (Lipinski definition) is 1. The number of aromatic nitrogens is 3. The van der Waals surface area contributed by atoms with Crippen molar-refractivity contribution in [2.45, 2.75) is 33.0 Å². The third-order valence-electron chi connectivity index (χ3n) is 3.49. The first-order valence-corrected chi connectivity index (χ1v) is 7.31. The van der Waals surface area contributed by atoms with E-state index in [2.05, 4.69) is 71.9 Å². The minimum Gasteiger partial charge on any atom is -0.309 e. The average Bonchev–Trinajstić information content (AvgIpc) is 2.93. The lowest BCUT2D eigenvalue weighted by atomic mass is 10.0. The van der Waals surface area contributed by atoms with Crippen molar-refractivity contribution in [1.82, 2.24) is 20.3 Å². The molecule has 3 rings (SSSR count). The molecule has 0 amide bonds. The first-order valence-electron chi connectivity index (χ1n) is 7.31. The summed E-state index contributed by atoms with van der Waals surface area (Å²) in [6, 6.07) is 15.3. The summed E-state index contributed by atoms with van der Waals surface area (Å²) in [5.74, 6) is 0. The van der Waals surface area contributed by atoms with Crippen LogP contribution >= 0.6 is 0 Å². The van der Waals surface area contributed by atoms with Crippen molar-refractivity contribution >= 4 is 10.8 Å². The van der Waals surface area contributed by atoms with E-state index >= 15 is 0 Å². The smallest absolute Gasteiger partial charge is 0.0965 e.